The lowest BCUT2D eigenvalue weighted by molar-refractivity contribution is -0.280. The number of phenolic OH excluding ortho intramolecular Hbond substituents is 3. The second kappa shape index (κ2) is 11.9. The van der Waals surface area contributed by atoms with Crippen molar-refractivity contribution in [3.05, 3.63) is 65.3 Å². The summed E-state index contributed by atoms with van der Waals surface area (Å²) in [6, 6.07) is 8.34. The van der Waals surface area contributed by atoms with Crippen LogP contribution >= 0.6 is 0 Å². The molecule has 194 valence electrons. The second-order valence-electron chi connectivity index (χ2n) is 8.59. The van der Waals surface area contributed by atoms with Gasteiger partial charge < -0.3 is 44.8 Å². The molecule has 0 radical (unpaired) electrons. The molecule has 6 N–H and O–H groups in total. The predicted octanol–water partition coefficient (Wildman–Crippen LogP) is 1.76. The van der Waals surface area contributed by atoms with E-state index in [9.17, 15) is 35.4 Å². The van der Waals surface area contributed by atoms with Gasteiger partial charge in [-0.05, 0) is 62.2 Å². The van der Waals surface area contributed by atoms with Crippen molar-refractivity contribution in [2.75, 3.05) is 6.61 Å². The quantitative estimate of drug-likeness (QED) is 0.135. The van der Waals surface area contributed by atoms with Gasteiger partial charge in [0.1, 0.15) is 29.8 Å². The maximum absolute atomic E-state index is 12.3. The number of ether oxygens (including phenoxy) is 3. The zero-order valence-corrected chi connectivity index (χ0v) is 19.8. The molecule has 10 nitrogen and oxygen atoms in total. The highest BCUT2D eigenvalue weighted by molar-refractivity contribution is 5.87. The SMILES string of the molecule is CC(C)=CCc1cc(O)ccc1O[C@@H]1O[C@H](CO)[C@@H](OC(=O)C=Cc2ccc(O)c(O)c2)[C@H](O)[C@H]1O. The van der Waals surface area contributed by atoms with E-state index in [-0.39, 0.29) is 17.2 Å². The van der Waals surface area contributed by atoms with Gasteiger partial charge in [-0.1, -0.05) is 17.7 Å². The lowest BCUT2D eigenvalue weighted by Crippen LogP contribution is -2.61. The third-order valence-electron chi connectivity index (χ3n) is 5.50. The standard InChI is InChI=1S/C26H30O10/c1-14(2)3-6-16-12-17(28)7-9-20(16)34-26-24(33)23(32)25(21(13-27)35-26)36-22(31)10-5-15-4-8-18(29)19(30)11-15/h3-5,7-12,21,23-30,32-33H,6,13H2,1-2H3/t21-,23-,24-,25-,26-/m1/s1. The lowest BCUT2D eigenvalue weighted by Gasteiger charge is -2.41. The molecule has 2 aromatic rings. The van der Waals surface area contributed by atoms with Gasteiger partial charge in [0.2, 0.25) is 6.29 Å². The van der Waals surface area contributed by atoms with Crippen molar-refractivity contribution >= 4 is 12.0 Å². The first-order chi connectivity index (χ1) is 17.1. The Morgan fingerprint density at radius 3 is 2.44 bits per heavy atom. The number of rotatable bonds is 8. The van der Waals surface area contributed by atoms with Crippen molar-refractivity contribution in [3.63, 3.8) is 0 Å². The molecule has 36 heavy (non-hydrogen) atoms. The van der Waals surface area contributed by atoms with Crippen LogP contribution in [0.3, 0.4) is 0 Å². The predicted molar refractivity (Wildman–Crippen MR) is 128 cm³/mol. The fraction of sp³-hybridized carbons (Fsp3) is 0.346. The highest BCUT2D eigenvalue weighted by Gasteiger charge is 2.47. The Labute approximate surface area is 207 Å². The van der Waals surface area contributed by atoms with Gasteiger partial charge in [0.15, 0.2) is 17.6 Å². The molecule has 0 aromatic heterocycles. The topological polar surface area (TPSA) is 166 Å². The van der Waals surface area contributed by atoms with Gasteiger partial charge in [-0.2, -0.15) is 0 Å². The van der Waals surface area contributed by atoms with Crippen LogP contribution in [0.5, 0.6) is 23.0 Å². The average molecular weight is 503 g/mol. The Morgan fingerprint density at radius 1 is 1.03 bits per heavy atom. The smallest absolute Gasteiger partial charge is 0.331 e. The van der Waals surface area contributed by atoms with Crippen LogP contribution < -0.4 is 4.74 Å². The average Bonchev–Trinajstić information content (AvgIpc) is 2.84. The number of phenols is 3. The lowest BCUT2D eigenvalue weighted by atomic mass is 9.99. The van der Waals surface area contributed by atoms with E-state index >= 15 is 0 Å². The molecule has 1 fully saturated rings. The summed E-state index contributed by atoms with van der Waals surface area (Å²) in [5, 5.41) is 59.8. The van der Waals surface area contributed by atoms with Gasteiger partial charge >= 0.3 is 5.97 Å². The Balaban J connectivity index is 1.71. The highest BCUT2D eigenvalue weighted by Crippen LogP contribution is 2.30. The third kappa shape index (κ3) is 6.76. The van der Waals surface area contributed by atoms with Crippen LogP contribution in [0.1, 0.15) is 25.0 Å². The van der Waals surface area contributed by atoms with Gasteiger partial charge in [0.05, 0.1) is 6.61 Å². The molecule has 1 aliphatic rings. The van der Waals surface area contributed by atoms with Crippen LogP contribution in [0, 0.1) is 0 Å². The number of aliphatic hydroxyl groups is 3. The number of benzene rings is 2. The third-order valence-corrected chi connectivity index (χ3v) is 5.50. The molecule has 10 heteroatoms. The van der Waals surface area contributed by atoms with Crippen molar-refractivity contribution in [2.24, 2.45) is 0 Å². The number of aliphatic hydroxyl groups excluding tert-OH is 3. The molecule has 0 unspecified atom stereocenters. The van der Waals surface area contributed by atoms with Gasteiger partial charge in [0.25, 0.3) is 0 Å². The van der Waals surface area contributed by atoms with E-state index in [1.54, 1.807) is 0 Å². The van der Waals surface area contributed by atoms with Crippen molar-refractivity contribution < 1.29 is 49.6 Å². The Kier molecular flexibility index (Phi) is 8.94. The van der Waals surface area contributed by atoms with Gasteiger partial charge in [-0.15, -0.1) is 0 Å². The Bertz CT molecular complexity index is 1120. The van der Waals surface area contributed by atoms with E-state index in [0.717, 1.165) is 11.6 Å². The van der Waals surface area contributed by atoms with E-state index in [0.29, 0.717) is 23.3 Å². The number of esters is 1. The summed E-state index contributed by atoms with van der Waals surface area (Å²) >= 11 is 0. The van der Waals surface area contributed by atoms with Gasteiger partial charge in [0, 0.05) is 11.6 Å². The molecule has 0 spiro atoms. The molecule has 1 aliphatic heterocycles. The highest BCUT2D eigenvalue weighted by atomic mass is 16.7. The zero-order chi connectivity index (χ0) is 26.4. The van der Waals surface area contributed by atoms with Crippen molar-refractivity contribution in [1.82, 2.24) is 0 Å². The first kappa shape index (κ1) is 27.0. The summed E-state index contributed by atoms with van der Waals surface area (Å²) in [5.74, 6) is -1.25. The summed E-state index contributed by atoms with van der Waals surface area (Å²) in [6.45, 7) is 3.20. The number of carbonyl (C=O) groups excluding carboxylic acids is 1. The fourth-order valence-electron chi connectivity index (χ4n) is 3.56. The van der Waals surface area contributed by atoms with E-state index in [2.05, 4.69) is 0 Å². The largest absolute Gasteiger partial charge is 0.508 e. The minimum atomic E-state index is -1.64. The molecule has 5 atom stereocenters. The van der Waals surface area contributed by atoms with Crippen LogP contribution in [-0.4, -0.2) is 73.9 Å². The number of carbonyl (C=O) groups is 1. The molecule has 0 saturated carbocycles. The van der Waals surface area contributed by atoms with E-state index in [1.165, 1.54) is 42.5 Å². The molecule has 1 heterocycles. The van der Waals surface area contributed by atoms with E-state index in [1.807, 2.05) is 19.9 Å². The summed E-state index contributed by atoms with van der Waals surface area (Å²) in [4.78, 5) is 12.3. The van der Waals surface area contributed by atoms with Crippen LogP contribution in [0.4, 0.5) is 0 Å². The van der Waals surface area contributed by atoms with E-state index in [4.69, 9.17) is 14.2 Å². The summed E-state index contributed by atoms with van der Waals surface area (Å²) in [7, 11) is 0. The summed E-state index contributed by atoms with van der Waals surface area (Å²) < 4.78 is 16.6. The maximum atomic E-state index is 12.3. The second-order valence-corrected chi connectivity index (χ2v) is 8.59. The molecular formula is C26H30O10. The van der Waals surface area contributed by atoms with Crippen molar-refractivity contribution in [3.8, 4) is 23.0 Å². The minimum absolute atomic E-state index is 0.0282. The minimum Gasteiger partial charge on any atom is -0.508 e. The van der Waals surface area contributed by atoms with Crippen LogP contribution in [-0.2, 0) is 20.7 Å². The summed E-state index contributed by atoms with van der Waals surface area (Å²) in [6.07, 6.45) is -2.58. The molecule has 0 amide bonds. The van der Waals surface area contributed by atoms with E-state index < -0.39 is 43.3 Å². The molecule has 0 aliphatic carbocycles. The zero-order valence-electron chi connectivity index (χ0n) is 19.8. The summed E-state index contributed by atoms with van der Waals surface area (Å²) in [5.41, 5.74) is 2.06. The van der Waals surface area contributed by atoms with Crippen molar-refractivity contribution in [1.29, 1.82) is 0 Å². The maximum Gasteiger partial charge on any atom is 0.331 e. The monoisotopic (exact) mass is 502 g/mol. The molecular weight excluding hydrogens is 472 g/mol. The van der Waals surface area contributed by atoms with Crippen LogP contribution in [0.25, 0.3) is 6.08 Å². The number of allylic oxidation sites excluding steroid dienone is 2. The Hall–Kier alpha value is -3.57. The molecule has 1 saturated heterocycles. The Morgan fingerprint density at radius 2 is 1.78 bits per heavy atom. The number of hydrogen-bond donors (Lipinski definition) is 6. The number of aromatic hydroxyl groups is 3. The van der Waals surface area contributed by atoms with Gasteiger partial charge in [-0.3, -0.25) is 0 Å². The van der Waals surface area contributed by atoms with Crippen LogP contribution in [0.15, 0.2) is 54.1 Å². The molecule has 0 bridgehead atoms. The molecule has 2 aromatic carbocycles. The van der Waals surface area contributed by atoms with Crippen LogP contribution in [0.2, 0.25) is 0 Å². The fourth-order valence-corrected chi connectivity index (χ4v) is 3.56. The first-order valence-electron chi connectivity index (χ1n) is 11.2. The normalized spacial score (nSPS) is 23.9. The van der Waals surface area contributed by atoms with Gasteiger partial charge in [-0.25, -0.2) is 4.79 Å². The first-order valence-corrected chi connectivity index (χ1v) is 11.2. The number of hydrogen-bond acceptors (Lipinski definition) is 10. The molecule has 3 rings (SSSR count). The van der Waals surface area contributed by atoms with Crippen molar-refractivity contribution in [2.45, 2.75) is 51.0 Å².